The first-order valence-electron chi connectivity index (χ1n) is 4.61. The molecule has 5 heteroatoms. The summed E-state index contributed by atoms with van der Waals surface area (Å²) in [4.78, 5) is 16.1. The van der Waals surface area contributed by atoms with E-state index in [9.17, 15) is 4.79 Å². The summed E-state index contributed by atoms with van der Waals surface area (Å²) in [5, 5.41) is 5.85. The SMILES string of the molecule is CNC(=O)CCCNCc1cncs1. The molecule has 4 nitrogen and oxygen atoms in total. The van der Waals surface area contributed by atoms with Crippen LogP contribution in [0.25, 0.3) is 0 Å². The number of carbonyl (C=O) groups excluding carboxylic acids is 1. The summed E-state index contributed by atoms with van der Waals surface area (Å²) >= 11 is 1.64. The van der Waals surface area contributed by atoms with Crippen molar-refractivity contribution >= 4 is 17.2 Å². The minimum absolute atomic E-state index is 0.101. The van der Waals surface area contributed by atoms with E-state index in [4.69, 9.17) is 0 Å². The predicted octanol–water partition coefficient (Wildman–Crippen LogP) is 0.759. The van der Waals surface area contributed by atoms with E-state index in [-0.39, 0.29) is 5.91 Å². The van der Waals surface area contributed by atoms with E-state index < -0.39 is 0 Å². The fourth-order valence-electron chi connectivity index (χ4n) is 1.04. The lowest BCUT2D eigenvalue weighted by atomic mass is 10.3. The first kappa shape index (κ1) is 11.1. The summed E-state index contributed by atoms with van der Waals surface area (Å²) in [6.07, 6.45) is 3.32. The van der Waals surface area contributed by atoms with Crippen LogP contribution in [0.5, 0.6) is 0 Å². The largest absolute Gasteiger partial charge is 0.359 e. The molecule has 2 N–H and O–H groups in total. The van der Waals surface area contributed by atoms with Gasteiger partial charge in [0.2, 0.25) is 5.91 Å². The third-order valence-electron chi connectivity index (χ3n) is 1.82. The molecule has 0 unspecified atom stereocenters. The molecule has 0 aliphatic rings. The lowest BCUT2D eigenvalue weighted by Crippen LogP contribution is -2.20. The number of nitrogens with one attached hydrogen (secondary N) is 2. The molecule has 0 bridgehead atoms. The van der Waals surface area contributed by atoms with Gasteiger partial charge >= 0.3 is 0 Å². The van der Waals surface area contributed by atoms with Crippen molar-refractivity contribution in [3.8, 4) is 0 Å². The molecular formula is C9H15N3OS. The molecule has 0 spiro atoms. The smallest absolute Gasteiger partial charge is 0.219 e. The fraction of sp³-hybridized carbons (Fsp3) is 0.556. The number of nitrogens with zero attached hydrogens (tertiary/aromatic N) is 1. The second kappa shape index (κ2) is 6.50. The standard InChI is InChI=1S/C9H15N3OS/c1-10-9(13)3-2-4-11-5-8-6-12-7-14-8/h6-7,11H,2-5H2,1H3,(H,10,13). The summed E-state index contributed by atoms with van der Waals surface area (Å²) in [6.45, 7) is 1.71. The minimum atomic E-state index is 0.101. The normalized spacial score (nSPS) is 10.1. The second-order valence-corrected chi connectivity index (χ2v) is 3.89. The Balaban J connectivity index is 1.97. The van der Waals surface area contributed by atoms with Crippen LogP contribution in [0.4, 0.5) is 0 Å². The van der Waals surface area contributed by atoms with Gasteiger partial charge in [-0.3, -0.25) is 9.78 Å². The third-order valence-corrected chi connectivity index (χ3v) is 2.60. The van der Waals surface area contributed by atoms with Crippen molar-refractivity contribution in [1.82, 2.24) is 15.6 Å². The number of aromatic nitrogens is 1. The zero-order chi connectivity index (χ0) is 10.2. The lowest BCUT2D eigenvalue weighted by Gasteiger charge is -2.01. The molecule has 0 aromatic carbocycles. The highest BCUT2D eigenvalue weighted by Gasteiger charge is 1.97. The van der Waals surface area contributed by atoms with Crippen LogP contribution in [0.2, 0.25) is 0 Å². The van der Waals surface area contributed by atoms with Crippen LogP contribution in [-0.4, -0.2) is 24.5 Å². The second-order valence-electron chi connectivity index (χ2n) is 2.92. The monoisotopic (exact) mass is 213 g/mol. The van der Waals surface area contributed by atoms with Crippen LogP contribution in [0, 0.1) is 0 Å². The molecule has 1 amide bonds. The van der Waals surface area contributed by atoms with Gasteiger partial charge in [-0.15, -0.1) is 11.3 Å². The van der Waals surface area contributed by atoms with E-state index in [2.05, 4.69) is 15.6 Å². The van der Waals surface area contributed by atoms with E-state index in [1.165, 1.54) is 4.88 Å². The molecule has 0 fully saturated rings. The van der Waals surface area contributed by atoms with Gasteiger partial charge in [0.25, 0.3) is 0 Å². The molecule has 1 rings (SSSR count). The van der Waals surface area contributed by atoms with Crippen LogP contribution in [0.3, 0.4) is 0 Å². The summed E-state index contributed by atoms with van der Waals surface area (Å²) in [7, 11) is 1.66. The van der Waals surface area contributed by atoms with E-state index in [1.54, 1.807) is 18.4 Å². The molecule has 1 heterocycles. The van der Waals surface area contributed by atoms with Gasteiger partial charge in [0.05, 0.1) is 5.51 Å². The zero-order valence-electron chi connectivity index (χ0n) is 8.25. The summed E-state index contributed by atoms with van der Waals surface area (Å²) in [5.74, 6) is 0.101. The molecule has 0 saturated carbocycles. The van der Waals surface area contributed by atoms with Crippen LogP contribution >= 0.6 is 11.3 Å². The Morgan fingerprint density at radius 1 is 1.64 bits per heavy atom. The Hall–Kier alpha value is -0.940. The van der Waals surface area contributed by atoms with Crippen molar-refractivity contribution in [3.05, 3.63) is 16.6 Å². The summed E-state index contributed by atoms with van der Waals surface area (Å²) in [5.41, 5.74) is 1.82. The average Bonchev–Trinajstić information content (AvgIpc) is 2.69. The highest BCUT2D eigenvalue weighted by molar-refractivity contribution is 7.09. The average molecular weight is 213 g/mol. The number of hydrogen-bond donors (Lipinski definition) is 2. The maximum absolute atomic E-state index is 10.9. The molecule has 0 aliphatic carbocycles. The molecule has 0 radical (unpaired) electrons. The highest BCUT2D eigenvalue weighted by Crippen LogP contribution is 2.03. The van der Waals surface area contributed by atoms with E-state index in [0.717, 1.165) is 19.5 Å². The minimum Gasteiger partial charge on any atom is -0.359 e. The number of rotatable bonds is 6. The number of thiazole rings is 1. The Morgan fingerprint density at radius 3 is 3.14 bits per heavy atom. The quantitative estimate of drug-likeness (QED) is 0.686. The zero-order valence-corrected chi connectivity index (χ0v) is 9.06. The van der Waals surface area contributed by atoms with Crippen LogP contribution < -0.4 is 10.6 Å². The number of hydrogen-bond acceptors (Lipinski definition) is 4. The number of carbonyl (C=O) groups is 1. The third kappa shape index (κ3) is 4.34. The van der Waals surface area contributed by atoms with Crippen molar-refractivity contribution in [3.63, 3.8) is 0 Å². The van der Waals surface area contributed by atoms with E-state index in [1.807, 2.05) is 11.7 Å². The fourth-order valence-corrected chi connectivity index (χ4v) is 1.60. The van der Waals surface area contributed by atoms with Crippen molar-refractivity contribution in [1.29, 1.82) is 0 Å². The summed E-state index contributed by atoms with van der Waals surface area (Å²) < 4.78 is 0. The lowest BCUT2D eigenvalue weighted by molar-refractivity contribution is -0.120. The Morgan fingerprint density at radius 2 is 2.50 bits per heavy atom. The molecular weight excluding hydrogens is 198 g/mol. The van der Waals surface area contributed by atoms with Gasteiger partial charge < -0.3 is 10.6 Å². The Labute approximate surface area is 87.7 Å². The van der Waals surface area contributed by atoms with Crippen molar-refractivity contribution in [2.24, 2.45) is 0 Å². The summed E-state index contributed by atoms with van der Waals surface area (Å²) in [6, 6.07) is 0. The molecule has 14 heavy (non-hydrogen) atoms. The highest BCUT2D eigenvalue weighted by atomic mass is 32.1. The molecule has 0 aliphatic heterocycles. The Bertz CT molecular complexity index is 261. The molecule has 0 saturated heterocycles. The van der Waals surface area contributed by atoms with Gasteiger partial charge in [-0.25, -0.2) is 0 Å². The van der Waals surface area contributed by atoms with Crippen molar-refractivity contribution < 1.29 is 4.79 Å². The number of amides is 1. The molecule has 78 valence electrons. The molecule has 1 aromatic heterocycles. The van der Waals surface area contributed by atoms with Gasteiger partial charge in [-0.1, -0.05) is 0 Å². The van der Waals surface area contributed by atoms with Gasteiger partial charge in [0, 0.05) is 31.1 Å². The van der Waals surface area contributed by atoms with Gasteiger partial charge in [0.1, 0.15) is 0 Å². The van der Waals surface area contributed by atoms with Crippen molar-refractivity contribution in [2.45, 2.75) is 19.4 Å². The molecule has 0 atom stereocenters. The van der Waals surface area contributed by atoms with Crippen LogP contribution in [0.1, 0.15) is 17.7 Å². The van der Waals surface area contributed by atoms with E-state index >= 15 is 0 Å². The van der Waals surface area contributed by atoms with Crippen LogP contribution in [-0.2, 0) is 11.3 Å². The maximum Gasteiger partial charge on any atom is 0.219 e. The van der Waals surface area contributed by atoms with Gasteiger partial charge in [-0.05, 0) is 13.0 Å². The molecule has 1 aromatic rings. The first-order chi connectivity index (χ1) is 6.83. The maximum atomic E-state index is 10.9. The van der Waals surface area contributed by atoms with Gasteiger partial charge in [0.15, 0.2) is 0 Å². The Kier molecular flexibility index (Phi) is 5.17. The topological polar surface area (TPSA) is 54.0 Å². The predicted molar refractivity (Wildman–Crippen MR) is 57.1 cm³/mol. The van der Waals surface area contributed by atoms with Crippen LogP contribution in [0.15, 0.2) is 11.7 Å². The first-order valence-corrected chi connectivity index (χ1v) is 5.49. The van der Waals surface area contributed by atoms with Crippen molar-refractivity contribution in [2.75, 3.05) is 13.6 Å². The van der Waals surface area contributed by atoms with Gasteiger partial charge in [-0.2, -0.15) is 0 Å². The van der Waals surface area contributed by atoms with E-state index in [0.29, 0.717) is 6.42 Å².